The summed E-state index contributed by atoms with van der Waals surface area (Å²) in [5.74, 6) is -0.805. The van der Waals surface area contributed by atoms with Gasteiger partial charge in [0.25, 0.3) is 0 Å². The van der Waals surface area contributed by atoms with Gasteiger partial charge in [-0.1, -0.05) is 36.4 Å². The molecular weight excluding hydrogens is 254 g/mol. The Balaban J connectivity index is 2.02. The molecule has 2 aromatic carbocycles. The monoisotopic (exact) mass is 269 g/mol. The van der Waals surface area contributed by atoms with Crippen LogP contribution in [-0.4, -0.2) is 25.5 Å². The summed E-state index contributed by atoms with van der Waals surface area (Å²) in [4.78, 5) is 22.4. The molecule has 0 aliphatic heterocycles. The molecule has 2 rings (SSSR count). The first kappa shape index (κ1) is 13.8. The van der Waals surface area contributed by atoms with Crippen molar-refractivity contribution in [1.29, 1.82) is 0 Å². The number of carbonyl (C=O) groups excluding carboxylic acids is 2. The zero-order valence-corrected chi connectivity index (χ0v) is 11.1. The Kier molecular flexibility index (Phi) is 4.50. The van der Waals surface area contributed by atoms with Crippen LogP contribution >= 0.6 is 0 Å². The molecule has 102 valence electrons. The highest BCUT2D eigenvalue weighted by Crippen LogP contribution is 2.16. The van der Waals surface area contributed by atoms with E-state index in [1.807, 2.05) is 42.5 Å². The third-order valence-electron chi connectivity index (χ3n) is 2.84. The fraction of sp³-hybridized carbons (Fsp3) is 0.125. The number of methoxy groups -OCH3 is 1. The number of fused-ring (bicyclic) bond motifs is 1. The van der Waals surface area contributed by atoms with Crippen LogP contribution in [0.5, 0.6) is 0 Å². The first-order valence-corrected chi connectivity index (χ1v) is 6.20. The molecule has 0 aromatic heterocycles. The van der Waals surface area contributed by atoms with Crippen LogP contribution in [0.25, 0.3) is 16.8 Å². The number of hydrogen-bond donors (Lipinski definition) is 1. The maximum Gasteiger partial charge on any atom is 0.325 e. The van der Waals surface area contributed by atoms with Gasteiger partial charge < -0.3 is 10.1 Å². The summed E-state index contributed by atoms with van der Waals surface area (Å²) in [6, 6.07) is 13.9. The van der Waals surface area contributed by atoms with Crippen LogP contribution in [0.1, 0.15) is 5.56 Å². The van der Waals surface area contributed by atoms with Crippen LogP contribution in [-0.2, 0) is 14.3 Å². The number of nitrogens with one attached hydrogen (secondary N) is 1. The van der Waals surface area contributed by atoms with Crippen LogP contribution in [0, 0.1) is 0 Å². The number of amides is 1. The summed E-state index contributed by atoms with van der Waals surface area (Å²) in [6.07, 6.45) is 3.10. The number of esters is 1. The molecule has 0 spiro atoms. The lowest BCUT2D eigenvalue weighted by molar-refractivity contribution is -0.140. The van der Waals surface area contributed by atoms with Gasteiger partial charge in [-0.25, -0.2) is 0 Å². The molecule has 0 fully saturated rings. The minimum atomic E-state index is -0.475. The average Bonchev–Trinajstić information content (AvgIpc) is 2.50. The summed E-state index contributed by atoms with van der Waals surface area (Å²) in [6.45, 7) is -0.128. The van der Waals surface area contributed by atoms with Gasteiger partial charge in [0.1, 0.15) is 6.54 Å². The van der Waals surface area contributed by atoms with Crippen molar-refractivity contribution >= 4 is 28.7 Å². The fourth-order valence-electron chi connectivity index (χ4n) is 1.77. The lowest BCUT2D eigenvalue weighted by atomic mass is 10.1. The molecule has 20 heavy (non-hydrogen) atoms. The predicted molar refractivity (Wildman–Crippen MR) is 78.0 cm³/mol. The normalized spacial score (nSPS) is 10.7. The lowest BCUT2D eigenvalue weighted by Crippen LogP contribution is -2.28. The van der Waals surface area contributed by atoms with Crippen molar-refractivity contribution in [3.8, 4) is 0 Å². The Hall–Kier alpha value is -2.62. The number of ether oxygens (including phenoxy) is 1. The number of hydrogen-bond acceptors (Lipinski definition) is 3. The molecule has 0 saturated carbocycles. The van der Waals surface area contributed by atoms with Crippen molar-refractivity contribution in [2.75, 3.05) is 13.7 Å². The summed E-state index contributed by atoms with van der Waals surface area (Å²) in [5, 5.41) is 4.71. The van der Waals surface area contributed by atoms with Gasteiger partial charge >= 0.3 is 5.97 Å². The Morgan fingerprint density at radius 2 is 1.90 bits per heavy atom. The summed E-state index contributed by atoms with van der Waals surface area (Å²) >= 11 is 0. The Morgan fingerprint density at radius 1 is 1.15 bits per heavy atom. The first-order chi connectivity index (χ1) is 9.69. The maximum absolute atomic E-state index is 11.5. The zero-order valence-electron chi connectivity index (χ0n) is 11.1. The molecule has 4 heteroatoms. The van der Waals surface area contributed by atoms with Crippen LogP contribution in [0.3, 0.4) is 0 Å². The second-order valence-electron chi connectivity index (χ2n) is 4.23. The molecule has 1 N–H and O–H groups in total. The highest BCUT2D eigenvalue weighted by Gasteiger charge is 2.01. The van der Waals surface area contributed by atoms with Gasteiger partial charge in [0, 0.05) is 6.08 Å². The molecule has 2 aromatic rings. The van der Waals surface area contributed by atoms with Crippen LogP contribution in [0.2, 0.25) is 0 Å². The van der Waals surface area contributed by atoms with Crippen LogP contribution in [0.15, 0.2) is 48.5 Å². The largest absolute Gasteiger partial charge is 0.468 e. The summed E-state index contributed by atoms with van der Waals surface area (Å²) in [7, 11) is 1.28. The van der Waals surface area contributed by atoms with E-state index in [-0.39, 0.29) is 12.5 Å². The molecule has 0 atom stereocenters. The SMILES string of the molecule is COC(=O)CNC(=O)/C=C/c1ccc2ccccc2c1. The highest BCUT2D eigenvalue weighted by molar-refractivity contribution is 5.94. The van der Waals surface area contributed by atoms with Crippen molar-refractivity contribution in [2.45, 2.75) is 0 Å². The third-order valence-corrected chi connectivity index (χ3v) is 2.84. The van der Waals surface area contributed by atoms with Crippen LogP contribution in [0.4, 0.5) is 0 Å². The molecule has 0 aliphatic rings. The molecular formula is C16H15NO3. The molecule has 0 unspecified atom stereocenters. The van der Waals surface area contributed by atoms with Gasteiger partial charge in [-0.2, -0.15) is 0 Å². The van der Waals surface area contributed by atoms with Crippen molar-refractivity contribution < 1.29 is 14.3 Å². The molecule has 0 saturated heterocycles. The van der Waals surface area contributed by atoms with Gasteiger partial charge in [0.2, 0.25) is 5.91 Å². The summed E-state index contributed by atoms with van der Waals surface area (Å²) < 4.78 is 4.43. The third kappa shape index (κ3) is 3.68. The number of rotatable bonds is 4. The molecule has 0 aliphatic carbocycles. The molecule has 0 bridgehead atoms. The Morgan fingerprint density at radius 3 is 2.65 bits per heavy atom. The van der Waals surface area contributed by atoms with E-state index in [0.717, 1.165) is 16.3 Å². The van der Waals surface area contributed by atoms with Gasteiger partial charge in [-0.3, -0.25) is 9.59 Å². The molecule has 1 amide bonds. The van der Waals surface area contributed by atoms with Crippen molar-refractivity contribution in [2.24, 2.45) is 0 Å². The Labute approximate surface area is 117 Å². The van der Waals surface area contributed by atoms with E-state index in [1.165, 1.54) is 13.2 Å². The van der Waals surface area contributed by atoms with Gasteiger partial charge in [-0.15, -0.1) is 0 Å². The second-order valence-corrected chi connectivity index (χ2v) is 4.23. The van der Waals surface area contributed by atoms with E-state index in [1.54, 1.807) is 6.08 Å². The smallest absolute Gasteiger partial charge is 0.325 e. The minimum Gasteiger partial charge on any atom is -0.468 e. The maximum atomic E-state index is 11.5. The van der Waals surface area contributed by atoms with Gasteiger partial charge in [-0.05, 0) is 28.5 Å². The van der Waals surface area contributed by atoms with E-state index in [0.29, 0.717) is 0 Å². The topological polar surface area (TPSA) is 55.4 Å². The van der Waals surface area contributed by atoms with E-state index in [4.69, 9.17) is 0 Å². The van der Waals surface area contributed by atoms with Gasteiger partial charge in [0.15, 0.2) is 0 Å². The predicted octanol–water partition coefficient (Wildman–Crippen LogP) is 2.14. The highest BCUT2D eigenvalue weighted by atomic mass is 16.5. The minimum absolute atomic E-state index is 0.128. The zero-order chi connectivity index (χ0) is 14.4. The fourth-order valence-corrected chi connectivity index (χ4v) is 1.77. The Bertz CT molecular complexity index is 662. The quantitative estimate of drug-likeness (QED) is 0.683. The van der Waals surface area contributed by atoms with E-state index in [9.17, 15) is 9.59 Å². The number of benzene rings is 2. The van der Waals surface area contributed by atoms with Crippen molar-refractivity contribution in [3.05, 3.63) is 54.1 Å². The number of carbonyl (C=O) groups is 2. The summed E-state index contributed by atoms with van der Waals surface area (Å²) in [5.41, 5.74) is 0.928. The molecule has 0 radical (unpaired) electrons. The second kappa shape index (κ2) is 6.52. The van der Waals surface area contributed by atoms with Crippen LogP contribution < -0.4 is 5.32 Å². The average molecular weight is 269 g/mol. The van der Waals surface area contributed by atoms with E-state index in [2.05, 4.69) is 10.1 Å². The van der Waals surface area contributed by atoms with Crippen molar-refractivity contribution in [1.82, 2.24) is 5.32 Å². The lowest BCUT2D eigenvalue weighted by Gasteiger charge is -2.01. The molecule has 4 nitrogen and oxygen atoms in total. The van der Waals surface area contributed by atoms with E-state index >= 15 is 0 Å². The standard InChI is InChI=1S/C16H15NO3/c1-20-16(19)11-17-15(18)9-7-12-6-8-13-4-2-3-5-14(13)10-12/h2-10H,11H2,1H3,(H,17,18)/b9-7+. The first-order valence-electron chi connectivity index (χ1n) is 6.20. The molecule has 0 heterocycles. The van der Waals surface area contributed by atoms with Crippen molar-refractivity contribution in [3.63, 3.8) is 0 Å². The van der Waals surface area contributed by atoms with Gasteiger partial charge in [0.05, 0.1) is 7.11 Å². The van der Waals surface area contributed by atoms with E-state index < -0.39 is 5.97 Å².